The molecule has 5 heteroatoms. The lowest BCUT2D eigenvalue weighted by molar-refractivity contribution is 0.102. The van der Waals surface area contributed by atoms with Crippen molar-refractivity contribution in [2.24, 2.45) is 0 Å². The number of carbonyl (C=O) groups is 1. The molecule has 0 saturated carbocycles. The second-order valence-electron chi connectivity index (χ2n) is 4.15. The first-order valence-electron chi connectivity index (χ1n) is 5.86. The number of thiol groups is 1. The summed E-state index contributed by atoms with van der Waals surface area (Å²) in [7, 11) is 0. The van der Waals surface area contributed by atoms with E-state index >= 15 is 0 Å². The van der Waals surface area contributed by atoms with E-state index < -0.39 is 0 Å². The molecule has 0 bridgehead atoms. The third-order valence-corrected chi connectivity index (χ3v) is 3.66. The zero-order valence-corrected chi connectivity index (χ0v) is 12.9. The number of anilines is 1. The van der Waals surface area contributed by atoms with E-state index in [2.05, 4.69) is 39.9 Å². The van der Waals surface area contributed by atoms with Gasteiger partial charge in [-0.05, 0) is 51.8 Å². The van der Waals surface area contributed by atoms with Crippen molar-refractivity contribution in [1.82, 2.24) is 0 Å². The molecule has 0 aromatic heterocycles. The van der Waals surface area contributed by atoms with Crippen molar-refractivity contribution in [3.8, 4) is 6.07 Å². The number of nitrogens with zero attached hydrogens (tertiary/aromatic N) is 1. The van der Waals surface area contributed by atoms with E-state index in [9.17, 15) is 4.79 Å². The average Bonchev–Trinajstić information content (AvgIpc) is 2.44. The molecule has 2 aromatic carbocycles. The summed E-state index contributed by atoms with van der Waals surface area (Å²) in [5.74, 6) is -0.208. The van der Waals surface area contributed by atoms with Gasteiger partial charge in [0.25, 0.3) is 5.91 Å². The van der Waals surface area contributed by atoms with E-state index in [1.807, 2.05) is 12.1 Å². The topological polar surface area (TPSA) is 52.9 Å². The van der Waals surface area contributed by atoms with Crippen LogP contribution >= 0.6 is 28.6 Å². The fourth-order valence-electron chi connectivity index (χ4n) is 1.68. The molecule has 0 unspecified atom stereocenters. The first kappa shape index (κ1) is 14.6. The first-order chi connectivity index (χ1) is 9.60. The molecule has 0 aliphatic heterocycles. The van der Waals surface area contributed by atoms with Gasteiger partial charge in [0.15, 0.2) is 0 Å². The molecule has 0 aliphatic rings. The van der Waals surface area contributed by atoms with Crippen LogP contribution in [0.5, 0.6) is 0 Å². The van der Waals surface area contributed by atoms with Gasteiger partial charge in [-0.25, -0.2) is 0 Å². The van der Waals surface area contributed by atoms with Crippen molar-refractivity contribution in [2.75, 3.05) is 5.32 Å². The highest BCUT2D eigenvalue weighted by molar-refractivity contribution is 9.10. The van der Waals surface area contributed by atoms with Crippen LogP contribution in [0.3, 0.4) is 0 Å². The Balaban J connectivity index is 2.15. The minimum atomic E-state index is -0.208. The maximum absolute atomic E-state index is 12.2. The van der Waals surface area contributed by atoms with E-state index in [0.717, 1.165) is 10.5 Å². The number of hydrogen-bond acceptors (Lipinski definition) is 3. The number of nitriles is 1. The maximum Gasteiger partial charge on any atom is 0.256 e. The van der Waals surface area contributed by atoms with Crippen LogP contribution in [0.1, 0.15) is 15.9 Å². The molecule has 0 spiro atoms. The third-order valence-electron chi connectivity index (χ3n) is 2.69. The zero-order chi connectivity index (χ0) is 14.5. The highest BCUT2D eigenvalue weighted by Crippen LogP contribution is 2.21. The van der Waals surface area contributed by atoms with Crippen molar-refractivity contribution >= 4 is 40.2 Å². The summed E-state index contributed by atoms with van der Waals surface area (Å²) in [6, 6.07) is 14.6. The first-order valence-corrected chi connectivity index (χ1v) is 7.10. The predicted molar refractivity (Wildman–Crippen MR) is 85.1 cm³/mol. The van der Waals surface area contributed by atoms with Crippen LogP contribution < -0.4 is 5.32 Å². The van der Waals surface area contributed by atoms with Crippen molar-refractivity contribution in [3.05, 3.63) is 58.1 Å². The summed E-state index contributed by atoms with van der Waals surface area (Å²) in [6.07, 6.45) is 0.363. The van der Waals surface area contributed by atoms with Crippen LogP contribution in [0, 0.1) is 11.3 Å². The number of carbonyl (C=O) groups excluding carboxylic acids is 1. The Labute approximate surface area is 131 Å². The van der Waals surface area contributed by atoms with Crippen LogP contribution in [0.25, 0.3) is 0 Å². The summed E-state index contributed by atoms with van der Waals surface area (Å²) in [5.41, 5.74) is 2.13. The van der Waals surface area contributed by atoms with Crippen LogP contribution in [0.15, 0.2) is 51.8 Å². The van der Waals surface area contributed by atoms with Crippen molar-refractivity contribution in [1.29, 1.82) is 5.26 Å². The van der Waals surface area contributed by atoms with Gasteiger partial charge in [-0.3, -0.25) is 4.79 Å². The molecule has 3 nitrogen and oxygen atoms in total. The SMILES string of the molecule is N#CCc1ccc(NC(=O)c2cc(S)ccc2Br)cc1. The molecule has 100 valence electrons. The van der Waals surface area contributed by atoms with Gasteiger partial charge in [-0.2, -0.15) is 5.26 Å². The fraction of sp³-hybridized carbons (Fsp3) is 0.0667. The zero-order valence-electron chi connectivity index (χ0n) is 10.4. The lowest BCUT2D eigenvalue weighted by Crippen LogP contribution is -2.12. The summed E-state index contributed by atoms with van der Waals surface area (Å²) >= 11 is 7.57. The fourth-order valence-corrected chi connectivity index (χ4v) is 2.31. The maximum atomic E-state index is 12.2. The second kappa shape index (κ2) is 6.60. The molecule has 0 fully saturated rings. The number of hydrogen-bond donors (Lipinski definition) is 2. The van der Waals surface area contributed by atoms with Crippen LogP contribution in [-0.4, -0.2) is 5.91 Å². The van der Waals surface area contributed by atoms with Crippen molar-refractivity contribution < 1.29 is 4.79 Å². The van der Waals surface area contributed by atoms with Gasteiger partial charge < -0.3 is 5.32 Å². The normalized spacial score (nSPS) is 9.85. The summed E-state index contributed by atoms with van der Waals surface area (Å²) in [5, 5.41) is 11.4. The van der Waals surface area contributed by atoms with Crippen LogP contribution in [0.2, 0.25) is 0 Å². The molecule has 0 heterocycles. The Morgan fingerprint density at radius 3 is 2.60 bits per heavy atom. The van der Waals surface area contributed by atoms with Gasteiger partial charge in [0.1, 0.15) is 0 Å². The molecule has 20 heavy (non-hydrogen) atoms. The van der Waals surface area contributed by atoms with Gasteiger partial charge in [0, 0.05) is 15.1 Å². The molecule has 0 saturated heterocycles. The highest BCUT2D eigenvalue weighted by Gasteiger charge is 2.10. The Morgan fingerprint density at radius 1 is 1.25 bits per heavy atom. The number of rotatable bonds is 3. The summed E-state index contributed by atoms with van der Waals surface area (Å²) in [4.78, 5) is 12.9. The van der Waals surface area contributed by atoms with E-state index in [0.29, 0.717) is 22.1 Å². The van der Waals surface area contributed by atoms with E-state index in [1.165, 1.54) is 0 Å². The minimum absolute atomic E-state index is 0.208. The average molecular weight is 347 g/mol. The smallest absolute Gasteiger partial charge is 0.256 e. The number of benzene rings is 2. The molecule has 1 N–H and O–H groups in total. The standard InChI is InChI=1S/C15H11BrN2OS/c16-14-6-5-12(20)9-13(14)15(19)18-11-3-1-10(2-4-11)7-8-17/h1-6,9,20H,7H2,(H,18,19). The largest absolute Gasteiger partial charge is 0.322 e. The number of amides is 1. The van der Waals surface area contributed by atoms with E-state index in [4.69, 9.17) is 5.26 Å². The molecular weight excluding hydrogens is 336 g/mol. The minimum Gasteiger partial charge on any atom is -0.322 e. The Hall–Kier alpha value is -1.77. The molecule has 0 aliphatic carbocycles. The Bertz CT molecular complexity index is 677. The summed E-state index contributed by atoms with van der Waals surface area (Å²) < 4.78 is 0.717. The van der Waals surface area contributed by atoms with Crippen molar-refractivity contribution in [2.45, 2.75) is 11.3 Å². The van der Waals surface area contributed by atoms with Gasteiger partial charge in [-0.15, -0.1) is 12.6 Å². The van der Waals surface area contributed by atoms with Crippen molar-refractivity contribution in [3.63, 3.8) is 0 Å². The highest BCUT2D eigenvalue weighted by atomic mass is 79.9. The Kier molecular flexibility index (Phi) is 4.83. The monoisotopic (exact) mass is 346 g/mol. The van der Waals surface area contributed by atoms with Gasteiger partial charge >= 0.3 is 0 Å². The molecule has 2 rings (SSSR count). The van der Waals surface area contributed by atoms with Gasteiger partial charge in [-0.1, -0.05) is 12.1 Å². The van der Waals surface area contributed by atoms with Gasteiger partial charge in [0.05, 0.1) is 18.1 Å². The molecule has 1 amide bonds. The Morgan fingerprint density at radius 2 is 1.95 bits per heavy atom. The predicted octanol–water partition coefficient (Wildman–Crippen LogP) is 4.06. The third kappa shape index (κ3) is 3.62. The second-order valence-corrected chi connectivity index (χ2v) is 5.52. The molecular formula is C15H11BrN2OS. The van der Waals surface area contributed by atoms with E-state index in [1.54, 1.807) is 30.3 Å². The molecule has 0 radical (unpaired) electrons. The number of nitrogens with one attached hydrogen (secondary N) is 1. The van der Waals surface area contributed by atoms with E-state index in [-0.39, 0.29) is 5.91 Å². The van der Waals surface area contributed by atoms with Crippen LogP contribution in [0.4, 0.5) is 5.69 Å². The van der Waals surface area contributed by atoms with Crippen LogP contribution in [-0.2, 0) is 6.42 Å². The quantitative estimate of drug-likeness (QED) is 0.823. The molecule has 0 atom stereocenters. The lowest BCUT2D eigenvalue weighted by Gasteiger charge is -2.08. The number of halogens is 1. The summed E-state index contributed by atoms with van der Waals surface area (Å²) in [6.45, 7) is 0. The molecule has 2 aromatic rings. The van der Waals surface area contributed by atoms with Gasteiger partial charge in [0.2, 0.25) is 0 Å². The lowest BCUT2D eigenvalue weighted by atomic mass is 10.1.